The molecule has 1 unspecified atom stereocenters. The van der Waals surface area contributed by atoms with Crippen LogP contribution in [0, 0.1) is 11.7 Å². The van der Waals surface area contributed by atoms with Crippen molar-refractivity contribution >= 4 is 33.8 Å². The van der Waals surface area contributed by atoms with E-state index in [1.165, 1.54) is 0 Å². The Hall–Kier alpha value is -1.18. The monoisotopic (exact) mass is 348 g/mol. The van der Waals surface area contributed by atoms with Gasteiger partial charge in [0, 0.05) is 6.54 Å². The fourth-order valence-corrected chi connectivity index (χ4v) is 4.61. The molecule has 8 heteroatoms. The van der Waals surface area contributed by atoms with E-state index in [1.54, 1.807) is 12.1 Å². The second kappa shape index (κ2) is 6.52. The lowest BCUT2D eigenvalue weighted by Gasteiger charge is -2.20. The van der Waals surface area contributed by atoms with Crippen LogP contribution in [0.5, 0.6) is 0 Å². The number of benzene rings is 1. The predicted molar refractivity (Wildman–Crippen MR) is 84.4 cm³/mol. The van der Waals surface area contributed by atoms with Gasteiger partial charge in [0.1, 0.15) is 5.82 Å². The molecule has 0 bridgehead atoms. The van der Waals surface area contributed by atoms with Gasteiger partial charge >= 0.3 is 0 Å². The van der Waals surface area contributed by atoms with Gasteiger partial charge in [0.2, 0.25) is 5.91 Å². The summed E-state index contributed by atoms with van der Waals surface area (Å²) in [6.07, 6.45) is 0.896. The molecule has 1 aromatic carbocycles. The Kier molecular flexibility index (Phi) is 5.09. The first-order valence-electron chi connectivity index (χ1n) is 6.98. The van der Waals surface area contributed by atoms with Crippen LogP contribution in [0.15, 0.2) is 12.1 Å². The number of anilines is 1. The Morgan fingerprint density at radius 3 is 2.82 bits per heavy atom. The molecule has 1 fully saturated rings. The fourth-order valence-electron chi connectivity index (χ4n) is 2.87. The molecule has 0 saturated carbocycles. The van der Waals surface area contributed by atoms with Gasteiger partial charge in [-0.25, -0.2) is 12.8 Å². The van der Waals surface area contributed by atoms with Gasteiger partial charge in [-0.3, -0.25) is 4.79 Å². The quantitative estimate of drug-likeness (QED) is 0.844. The molecule has 0 spiro atoms. The molecule has 0 radical (unpaired) electrons. The lowest BCUT2D eigenvalue weighted by atomic mass is 9.99. The van der Waals surface area contributed by atoms with E-state index in [4.69, 9.17) is 0 Å². The van der Waals surface area contributed by atoms with E-state index in [0.717, 1.165) is 5.56 Å². The molecule has 22 heavy (non-hydrogen) atoms. The van der Waals surface area contributed by atoms with Crippen molar-refractivity contribution < 1.29 is 17.6 Å². The summed E-state index contributed by atoms with van der Waals surface area (Å²) in [6, 6.07) is 3.34. The first-order valence-corrected chi connectivity index (χ1v) is 8.81. The molecule has 122 valence electrons. The highest BCUT2D eigenvalue weighted by Gasteiger charge is 2.33. The van der Waals surface area contributed by atoms with Crippen LogP contribution in [0.1, 0.15) is 17.5 Å². The van der Waals surface area contributed by atoms with Gasteiger partial charge in [0.15, 0.2) is 9.84 Å². The summed E-state index contributed by atoms with van der Waals surface area (Å²) in [7, 11) is -3.12. The second-order valence-electron chi connectivity index (χ2n) is 5.58. The molecule has 0 aliphatic carbocycles. The Morgan fingerprint density at radius 2 is 2.14 bits per heavy atom. The van der Waals surface area contributed by atoms with Crippen molar-refractivity contribution in [3.05, 3.63) is 29.1 Å². The van der Waals surface area contributed by atoms with Crippen molar-refractivity contribution in [1.82, 2.24) is 5.32 Å². The number of carbonyl (C=O) groups excluding carboxylic acids is 1. The largest absolute Gasteiger partial charge is 0.323 e. The second-order valence-corrected chi connectivity index (χ2v) is 7.81. The number of rotatable bonds is 2. The van der Waals surface area contributed by atoms with Gasteiger partial charge in [0.05, 0.1) is 23.1 Å². The van der Waals surface area contributed by atoms with Gasteiger partial charge in [-0.15, -0.1) is 12.4 Å². The molecule has 1 aromatic rings. The lowest BCUT2D eigenvalue weighted by molar-refractivity contribution is -0.119. The summed E-state index contributed by atoms with van der Waals surface area (Å²) in [6.45, 7) is 1.34. The molecule has 2 N–H and O–H groups in total. The molecule has 2 heterocycles. The Labute approximate surface area is 135 Å². The Bertz CT molecular complexity index is 694. The standard InChI is InChI=1S/C14H17FN2O3S.ClH/c15-13-11-3-5-16-7-9(11)1-2-12(13)17-14(18)10-4-6-21(19,20)8-10;/h1-2,10,16H,3-8H2,(H,17,18);1H. The third kappa shape index (κ3) is 3.42. The maximum atomic E-state index is 14.4. The highest BCUT2D eigenvalue weighted by molar-refractivity contribution is 7.91. The van der Waals surface area contributed by atoms with E-state index in [1.807, 2.05) is 0 Å². The van der Waals surface area contributed by atoms with Crippen molar-refractivity contribution in [3.63, 3.8) is 0 Å². The zero-order valence-corrected chi connectivity index (χ0v) is 13.5. The first kappa shape index (κ1) is 17.2. The molecular formula is C14H18ClFN2O3S. The molecule has 1 atom stereocenters. The zero-order chi connectivity index (χ0) is 15.0. The molecule has 3 rings (SSSR count). The van der Waals surface area contributed by atoms with Crippen LogP contribution in [0.25, 0.3) is 0 Å². The summed E-state index contributed by atoms with van der Waals surface area (Å²) in [5.74, 6) is -1.50. The average Bonchev–Trinajstić information content (AvgIpc) is 2.82. The zero-order valence-electron chi connectivity index (χ0n) is 11.9. The van der Waals surface area contributed by atoms with Crippen LogP contribution in [0.2, 0.25) is 0 Å². The van der Waals surface area contributed by atoms with Crippen molar-refractivity contribution in [2.45, 2.75) is 19.4 Å². The Balaban J connectivity index is 0.00000176. The van der Waals surface area contributed by atoms with Crippen LogP contribution in [0.3, 0.4) is 0 Å². The minimum Gasteiger partial charge on any atom is -0.323 e. The van der Waals surface area contributed by atoms with Crippen LogP contribution < -0.4 is 10.6 Å². The molecule has 2 aliphatic heterocycles. The summed E-state index contributed by atoms with van der Waals surface area (Å²) < 4.78 is 37.2. The van der Waals surface area contributed by atoms with Gasteiger partial charge < -0.3 is 10.6 Å². The van der Waals surface area contributed by atoms with E-state index < -0.39 is 27.5 Å². The summed E-state index contributed by atoms with van der Waals surface area (Å²) in [5, 5.41) is 5.70. The third-order valence-electron chi connectivity index (χ3n) is 4.07. The first-order chi connectivity index (χ1) is 9.96. The minimum atomic E-state index is -3.12. The normalized spacial score (nSPS) is 22.5. The number of sulfone groups is 1. The highest BCUT2D eigenvalue weighted by Crippen LogP contribution is 2.26. The number of carbonyl (C=O) groups is 1. The molecule has 5 nitrogen and oxygen atoms in total. The van der Waals surface area contributed by atoms with Crippen molar-refractivity contribution in [2.24, 2.45) is 5.92 Å². The van der Waals surface area contributed by atoms with E-state index in [9.17, 15) is 17.6 Å². The number of halogens is 2. The van der Waals surface area contributed by atoms with Crippen LogP contribution in [-0.2, 0) is 27.6 Å². The highest BCUT2D eigenvalue weighted by atomic mass is 35.5. The van der Waals surface area contributed by atoms with E-state index in [-0.39, 0.29) is 29.6 Å². The van der Waals surface area contributed by atoms with Crippen molar-refractivity contribution in [3.8, 4) is 0 Å². The number of hydrogen-bond donors (Lipinski definition) is 2. The van der Waals surface area contributed by atoms with E-state index >= 15 is 0 Å². The van der Waals surface area contributed by atoms with Crippen molar-refractivity contribution in [1.29, 1.82) is 0 Å². The average molecular weight is 349 g/mol. The van der Waals surface area contributed by atoms with Crippen LogP contribution in [-0.4, -0.2) is 32.4 Å². The fraction of sp³-hybridized carbons (Fsp3) is 0.500. The lowest BCUT2D eigenvalue weighted by Crippen LogP contribution is -2.27. The SMILES string of the molecule is Cl.O=C(Nc1ccc2c(c1F)CCNC2)C1CCS(=O)(=O)C1. The van der Waals surface area contributed by atoms with Gasteiger partial charge in [-0.2, -0.15) is 0 Å². The van der Waals surface area contributed by atoms with Gasteiger partial charge in [-0.1, -0.05) is 6.07 Å². The van der Waals surface area contributed by atoms with E-state index in [0.29, 0.717) is 31.5 Å². The maximum Gasteiger partial charge on any atom is 0.228 e. The molecule has 0 aromatic heterocycles. The summed E-state index contributed by atoms with van der Waals surface area (Å²) >= 11 is 0. The third-order valence-corrected chi connectivity index (χ3v) is 5.84. The summed E-state index contributed by atoms with van der Waals surface area (Å²) in [4.78, 5) is 12.1. The van der Waals surface area contributed by atoms with E-state index in [2.05, 4.69) is 10.6 Å². The maximum absolute atomic E-state index is 14.4. The molecule has 1 amide bonds. The minimum absolute atomic E-state index is 0. The van der Waals surface area contributed by atoms with Crippen LogP contribution >= 0.6 is 12.4 Å². The van der Waals surface area contributed by atoms with Crippen LogP contribution in [0.4, 0.5) is 10.1 Å². The predicted octanol–water partition coefficient (Wildman–Crippen LogP) is 1.27. The molecular weight excluding hydrogens is 331 g/mol. The molecule has 1 saturated heterocycles. The smallest absolute Gasteiger partial charge is 0.228 e. The Morgan fingerprint density at radius 1 is 1.36 bits per heavy atom. The van der Waals surface area contributed by atoms with Crippen molar-refractivity contribution in [2.75, 3.05) is 23.4 Å². The number of amides is 1. The number of nitrogens with one attached hydrogen (secondary N) is 2. The van der Waals surface area contributed by atoms with Gasteiger partial charge in [0.25, 0.3) is 0 Å². The summed E-state index contributed by atoms with van der Waals surface area (Å²) in [5.41, 5.74) is 1.68. The van der Waals surface area contributed by atoms with Gasteiger partial charge in [-0.05, 0) is 36.6 Å². The number of hydrogen-bond acceptors (Lipinski definition) is 4. The molecule has 2 aliphatic rings. The topological polar surface area (TPSA) is 75.3 Å². The number of fused-ring (bicyclic) bond motifs is 1.